The van der Waals surface area contributed by atoms with Gasteiger partial charge in [0.15, 0.2) is 0 Å². The number of hydrogen-bond acceptors (Lipinski definition) is 2. The highest BCUT2D eigenvalue weighted by atomic mass is 15.1. The minimum absolute atomic E-state index is 0.694. The van der Waals surface area contributed by atoms with Crippen LogP contribution in [0.25, 0.3) is 10.8 Å². The maximum atomic E-state index is 3.52. The normalized spacial score (nSPS) is 21.1. The van der Waals surface area contributed by atoms with E-state index in [1.54, 1.807) is 0 Å². The Labute approximate surface area is 115 Å². The largest absolute Gasteiger partial charge is 0.371 e. The monoisotopic (exact) mass is 254 g/mol. The third-order valence-corrected chi connectivity index (χ3v) is 3.91. The van der Waals surface area contributed by atoms with Gasteiger partial charge in [-0.3, -0.25) is 0 Å². The van der Waals surface area contributed by atoms with E-state index in [4.69, 9.17) is 0 Å². The zero-order valence-electron chi connectivity index (χ0n) is 11.6. The Bertz CT molecular complexity index is 544. The molecule has 1 unspecified atom stereocenters. The molecular formula is C17H22N2. The highest BCUT2D eigenvalue weighted by Gasteiger charge is 2.15. The summed E-state index contributed by atoms with van der Waals surface area (Å²) in [6, 6.07) is 15.4. The molecule has 1 atom stereocenters. The van der Waals surface area contributed by atoms with Crippen molar-refractivity contribution in [1.82, 2.24) is 5.32 Å². The lowest BCUT2D eigenvalue weighted by atomic mass is 10.1. The van der Waals surface area contributed by atoms with Crippen LogP contribution in [-0.2, 0) is 0 Å². The molecule has 100 valence electrons. The molecule has 3 rings (SSSR count). The van der Waals surface area contributed by atoms with Crippen LogP contribution < -0.4 is 10.2 Å². The van der Waals surface area contributed by atoms with E-state index < -0.39 is 0 Å². The van der Waals surface area contributed by atoms with Gasteiger partial charge in [0.05, 0.1) is 0 Å². The minimum Gasteiger partial charge on any atom is -0.371 e. The van der Waals surface area contributed by atoms with Gasteiger partial charge in [-0.1, -0.05) is 43.3 Å². The lowest BCUT2D eigenvalue weighted by molar-refractivity contribution is 0.468. The van der Waals surface area contributed by atoms with E-state index in [0.717, 1.165) is 26.2 Å². The van der Waals surface area contributed by atoms with Gasteiger partial charge in [0.25, 0.3) is 0 Å². The summed E-state index contributed by atoms with van der Waals surface area (Å²) in [5.41, 5.74) is 1.40. The number of anilines is 1. The summed E-state index contributed by atoms with van der Waals surface area (Å²) in [6.07, 6.45) is 1.22. The average Bonchev–Trinajstić information content (AvgIpc) is 2.42. The molecule has 19 heavy (non-hydrogen) atoms. The quantitative estimate of drug-likeness (QED) is 0.840. The molecule has 1 saturated heterocycles. The Balaban J connectivity index is 1.97. The van der Waals surface area contributed by atoms with Crippen molar-refractivity contribution in [2.75, 3.05) is 31.1 Å². The van der Waals surface area contributed by atoms with Gasteiger partial charge in [-0.05, 0) is 36.9 Å². The summed E-state index contributed by atoms with van der Waals surface area (Å²) < 4.78 is 0. The molecule has 1 N–H and O–H groups in total. The van der Waals surface area contributed by atoms with E-state index >= 15 is 0 Å². The van der Waals surface area contributed by atoms with Crippen LogP contribution in [0.4, 0.5) is 5.69 Å². The molecule has 2 aromatic rings. The molecule has 0 bridgehead atoms. The maximum absolute atomic E-state index is 3.52. The molecule has 2 nitrogen and oxygen atoms in total. The van der Waals surface area contributed by atoms with Crippen molar-refractivity contribution in [2.45, 2.75) is 13.3 Å². The zero-order chi connectivity index (χ0) is 13.1. The molecule has 1 heterocycles. The molecule has 2 heteroatoms. The predicted molar refractivity (Wildman–Crippen MR) is 82.8 cm³/mol. The van der Waals surface area contributed by atoms with E-state index in [0.29, 0.717) is 5.92 Å². The summed E-state index contributed by atoms with van der Waals surface area (Å²) in [7, 11) is 0. The highest BCUT2D eigenvalue weighted by molar-refractivity contribution is 5.94. The van der Waals surface area contributed by atoms with Crippen LogP contribution in [-0.4, -0.2) is 26.2 Å². The van der Waals surface area contributed by atoms with E-state index in [2.05, 4.69) is 59.6 Å². The fourth-order valence-electron chi connectivity index (χ4n) is 2.98. The molecule has 0 aliphatic carbocycles. The van der Waals surface area contributed by atoms with Gasteiger partial charge in [0.2, 0.25) is 0 Å². The van der Waals surface area contributed by atoms with Gasteiger partial charge in [0.1, 0.15) is 0 Å². The summed E-state index contributed by atoms with van der Waals surface area (Å²) in [5, 5.41) is 6.24. The molecule has 0 radical (unpaired) electrons. The molecular weight excluding hydrogens is 232 g/mol. The van der Waals surface area contributed by atoms with Crippen molar-refractivity contribution in [3.05, 3.63) is 42.5 Å². The van der Waals surface area contributed by atoms with E-state index in [1.165, 1.54) is 22.9 Å². The summed E-state index contributed by atoms with van der Waals surface area (Å²) in [4.78, 5) is 2.56. The first-order valence-corrected chi connectivity index (χ1v) is 7.28. The Hall–Kier alpha value is -1.54. The minimum atomic E-state index is 0.694. The van der Waals surface area contributed by atoms with Crippen molar-refractivity contribution >= 4 is 16.5 Å². The molecule has 1 fully saturated rings. The topological polar surface area (TPSA) is 15.3 Å². The lowest BCUT2D eigenvalue weighted by Gasteiger charge is -2.31. The van der Waals surface area contributed by atoms with Crippen molar-refractivity contribution in [1.29, 1.82) is 0 Å². The second-order valence-electron chi connectivity index (χ2n) is 5.61. The van der Waals surface area contributed by atoms with E-state index in [9.17, 15) is 0 Å². The van der Waals surface area contributed by atoms with Gasteiger partial charge >= 0.3 is 0 Å². The van der Waals surface area contributed by atoms with Crippen LogP contribution in [0, 0.1) is 5.92 Å². The predicted octanol–water partition coefficient (Wildman–Crippen LogP) is 3.28. The summed E-state index contributed by atoms with van der Waals surface area (Å²) in [5.74, 6) is 0.694. The number of benzene rings is 2. The fraction of sp³-hybridized carbons (Fsp3) is 0.412. The summed E-state index contributed by atoms with van der Waals surface area (Å²) in [6.45, 7) is 6.87. The van der Waals surface area contributed by atoms with Crippen molar-refractivity contribution < 1.29 is 0 Å². The molecule has 0 saturated carbocycles. The van der Waals surface area contributed by atoms with Gasteiger partial charge in [-0.15, -0.1) is 0 Å². The van der Waals surface area contributed by atoms with Crippen LogP contribution in [0.15, 0.2) is 42.5 Å². The van der Waals surface area contributed by atoms with E-state index in [-0.39, 0.29) is 0 Å². The van der Waals surface area contributed by atoms with Crippen LogP contribution in [0.5, 0.6) is 0 Å². The molecule has 1 aliphatic heterocycles. The Morgan fingerprint density at radius 2 is 1.95 bits per heavy atom. The lowest BCUT2D eigenvalue weighted by Crippen LogP contribution is -2.38. The standard InChI is InChI=1S/C17H22N2/c1-14-12-18-10-5-11-19(13-14)17-9-4-7-15-6-2-3-8-16(15)17/h2-4,6-9,14,18H,5,10-13H2,1H3. The number of fused-ring (bicyclic) bond motifs is 1. The molecule has 0 spiro atoms. The average molecular weight is 254 g/mol. The van der Waals surface area contributed by atoms with Crippen LogP contribution in [0.3, 0.4) is 0 Å². The Morgan fingerprint density at radius 3 is 2.89 bits per heavy atom. The maximum Gasteiger partial charge on any atom is 0.0446 e. The van der Waals surface area contributed by atoms with Crippen LogP contribution in [0.2, 0.25) is 0 Å². The molecule has 2 aromatic carbocycles. The van der Waals surface area contributed by atoms with Crippen LogP contribution >= 0.6 is 0 Å². The Morgan fingerprint density at radius 1 is 1.11 bits per heavy atom. The zero-order valence-corrected chi connectivity index (χ0v) is 11.6. The SMILES string of the molecule is CC1CNCCCN(c2cccc3ccccc23)C1. The first-order valence-electron chi connectivity index (χ1n) is 7.28. The highest BCUT2D eigenvalue weighted by Crippen LogP contribution is 2.27. The first kappa shape index (κ1) is 12.5. The number of hydrogen-bond donors (Lipinski definition) is 1. The first-order chi connectivity index (χ1) is 9.34. The Kier molecular flexibility index (Phi) is 3.69. The van der Waals surface area contributed by atoms with Gasteiger partial charge in [-0.2, -0.15) is 0 Å². The summed E-state index contributed by atoms with van der Waals surface area (Å²) >= 11 is 0. The third kappa shape index (κ3) is 2.74. The third-order valence-electron chi connectivity index (χ3n) is 3.91. The van der Waals surface area contributed by atoms with Crippen LogP contribution in [0.1, 0.15) is 13.3 Å². The van der Waals surface area contributed by atoms with Gasteiger partial charge in [-0.25, -0.2) is 0 Å². The van der Waals surface area contributed by atoms with Gasteiger partial charge in [0, 0.05) is 24.2 Å². The second kappa shape index (κ2) is 5.62. The number of nitrogens with one attached hydrogen (secondary N) is 1. The second-order valence-corrected chi connectivity index (χ2v) is 5.61. The van der Waals surface area contributed by atoms with Crippen molar-refractivity contribution in [2.24, 2.45) is 5.92 Å². The number of nitrogens with zero attached hydrogens (tertiary/aromatic N) is 1. The van der Waals surface area contributed by atoms with Crippen molar-refractivity contribution in [3.63, 3.8) is 0 Å². The van der Waals surface area contributed by atoms with Crippen molar-refractivity contribution in [3.8, 4) is 0 Å². The van der Waals surface area contributed by atoms with E-state index in [1.807, 2.05) is 0 Å². The van der Waals surface area contributed by atoms with Gasteiger partial charge < -0.3 is 10.2 Å². The molecule has 0 aromatic heterocycles. The molecule has 1 aliphatic rings. The fourth-order valence-corrected chi connectivity index (χ4v) is 2.98. The molecule has 0 amide bonds. The number of rotatable bonds is 1. The smallest absolute Gasteiger partial charge is 0.0446 e.